The van der Waals surface area contributed by atoms with Crippen LogP contribution >= 0.6 is 11.8 Å². The van der Waals surface area contributed by atoms with Crippen molar-refractivity contribution in [1.29, 1.82) is 0 Å². The van der Waals surface area contributed by atoms with E-state index in [1.165, 1.54) is 17.8 Å². The zero-order valence-corrected chi connectivity index (χ0v) is 13.8. The molecule has 1 heterocycles. The second-order valence-corrected chi connectivity index (χ2v) is 8.26. The van der Waals surface area contributed by atoms with E-state index in [9.17, 15) is 13.2 Å². The summed E-state index contributed by atoms with van der Waals surface area (Å²) in [6.07, 6.45) is 0. The number of amides is 1. The van der Waals surface area contributed by atoms with Crippen LogP contribution in [-0.2, 0) is 14.8 Å². The zero-order chi connectivity index (χ0) is 15.6. The lowest BCUT2D eigenvalue weighted by atomic mass is 10.3. The maximum Gasteiger partial charge on any atom is 0.240 e. The van der Waals surface area contributed by atoms with Crippen LogP contribution in [0, 0.1) is 0 Å². The molecule has 0 fully saturated rings. The Balaban J connectivity index is 2.18. The van der Waals surface area contributed by atoms with Gasteiger partial charge in [-0.25, -0.2) is 13.1 Å². The number of likely N-dealkylation sites (N-methyl/N-ethyl adjacent to an activating group) is 1. The van der Waals surface area contributed by atoms with Gasteiger partial charge in [0.2, 0.25) is 15.9 Å². The summed E-state index contributed by atoms with van der Waals surface area (Å²) in [7, 11) is 0.195. The van der Waals surface area contributed by atoms with Gasteiger partial charge in [-0.05, 0) is 39.2 Å². The number of hydrogen-bond donors (Lipinski definition) is 2. The number of nitrogens with zero attached hydrogens (tertiary/aromatic N) is 1. The first-order chi connectivity index (χ1) is 9.79. The minimum atomic E-state index is -3.56. The first-order valence-electron chi connectivity index (χ1n) is 6.55. The van der Waals surface area contributed by atoms with E-state index in [-0.39, 0.29) is 16.1 Å². The third-order valence-corrected chi connectivity index (χ3v) is 5.68. The third-order valence-electron chi connectivity index (χ3n) is 3.04. The Morgan fingerprint density at radius 1 is 1.38 bits per heavy atom. The SMILES string of the molecule is C[C@H]1Sc2ccc(S(=O)(=O)NCCN(C)C)cc2NC1=O. The predicted molar refractivity (Wildman–Crippen MR) is 84.1 cm³/mol. The Hall–Kier alpha value is -1.09. The summed E-state index contributed by atoms with van der Waals surface area (Å²) in [6.45, 7) is 2.77. The fraction of sp³-hybridized carbons (Fsp3) is 0.462. The average Bonchev–Trinajstić information content (AvgIpc) is 2.38. The van der Waals surface area contributed by atoms with Crippen LogP contribution in [-0.4, -0.2) is 51.7 Å². The highest BCUT2D eigenvalue weighted by Gasteiger charge is 2.24. The van der Waals surface area contributed by atoms with Crippen LogP contribution in [0.1, 0.15) is 6.92 Å². The molecule has 2 N–H and O–H groups in total. The summed E-state index contributed by atoms with van der Waals surface area (Å²) >= 11 is 1.43. The summed E-state index contributed by atoms with van der Waals surface area (Å²) in [6, 6.07) is 4.80. The molecule has 0 radical (unpaired) electrons. The van der Waals surface area contributed by atoms with Gasteiger partial charge in [0.1, 0.15) is 0 Å². The minimum Gasteiger partial charge on any atom is -0.324 e. The molecule has 21 heavy (non-hydrogen) atoms. The second kappa shape index (κ2) is 6.35. The molecule has 0 saturated heterocycles. The molecule has 1 aliphatic heterocycles. The summed E-state index contributed by atoms with van der Waals surface area (Å²) in [4.78, 5) is 14.6. The highest BCUT2D eigenvalue weighted by atomic mass is 32.2. The summed E-state index contributed by atoms with van der Waals surface area (Å²) in [5, 5.41) is 2.57. The number of rotatable bonds is 5. The lowest BCUT2D eigenvalue weighted by Gasteiger charge is -2.22. The van der Waals surface area contributed by atoms with Crippen molar-refractivity contribution < 1.29 is 13.2 Å². The molecule has 0 saturated carbocycles. The number of carbonyl (C=O) groups excluding carboxylic acids is 1. The lowest BCUT2D eigenvalue weighted by molar-refractivity contribution is -0.115. The van der Waals surface area contributed by atoms with Crippen molar-refractivity contribution in [2.75, 3.05) is 32.5 Å². The molecule has 0 unspecified atom stereocenters. The second-order valence-electron chi connectivity index (χ2n) is 5.11. The number of thioether (sulfide) groups is 1. The zero-order valence-electron chi connectivity index (χ0n) is 12.2. The number of fused-ring (bicyclic) bond motifs is 1. The van der Waals surface area contributed by atoms with Crippen LogP contribution in [0.25, 0.3) is 0 Å². The van der Waals surface area contributed by atoms with Gasteiger partial charge in [0.05, 0.1) is 15.8 Å². The Bertz CT molecular complexity index is 644. The van der Waals surface area contributed by atoms with Crippen molar-refractivity contribution in [3.05, 3.63) is 18.2 Å². The van der Waals surface area contributed by atoms with Gasteiger partial charge >= 0.3 is 0 Å². The van der Waals surface area contributed by atoms with E-state index in [1.807, 2.05) is 25.9 Å². The van der Waals surface area contributed by atoms with Gasteiger partial charge in [-0.3, -0.25) is 4.79 Å². The summed E-state index contributed by atoms with van der Waals surface area (Å²) < 4.78 is 26.9. The molecule has 0 bridgehead atoms. The topological polar surface area (TPSA) is 78.5 Å². The molecule has 0 spiro atoms. The highest BCUT2D eigenvalue weighted by Crippen LogP contribution is 2.36. The molecule has 8 heteroatoms. The van der Waals surface area contributed by atoms with Crippen molar-refractivity contribution in [3.63, 3.8) is 0 Å². The minimum absolute atomic E-state index is 0.109. The standard InChI is InChI=1S/C13H19N3O3S2/c1-9-13(17)15-11-8-10(4-5-12(11)20-9)21(18,19)14-6-7-16(2)3/h4-5,8-9,14H,6-7H2,1-3H3,(H,15,17)/t9-/m1/s1. The van der Waals surface area contributed by atoms with Gasteiger partial charge in [-0.15, -0.1) is 11.8 Å². The Morgan fingerprint density at radius 3 is 2.76 bits per heavy atom. The largest absolute Gasteiger partial charge is 0.324 e. The maximum atomic E-state index is 12.2. The molecule has 1 aliphatic rings. The van der Waals surface area contributed by atoms with Gasteiger partial charge in [0.25, 0.3) is 0 Å². The maximum absolute atomic E-state index is 12.2. The number of benzene rings is 1. The van der Waals surface area contributed by atoms with E-state index in [0.717, 1.165) is 4.90 Å². The molecular weight excluding hydrogens is 310 g/mol. The van der Waals surface area contributed by atoms with Crippen molar-refractivity contribution in [3.8, 4) is 0 Å². The molecule has 116 valence electrons. The van der Waals surface area contributed by atoms with Gasteiger partial charge in [0.15, 0.2) is 0 Å². The van der Waals surface area contributed by atoms with E-state index in [0.29, 0.717) is 18.8 Å². The molecule has 6 nitrogen and oxygen atoms in total. The van der Waals surface area contributed by atoms with Crippen LogP contribution in [0.2, 0.25) is 0 Å². The van der Waals surface area contributed by atoms with Crippen LogP contribution in [0.3, 0.4) is 0 Å². The third kappa shape index (κ3) is 3.97. The normalized spacial score (nSPS) is 18.5. The van der Waals surface area contributed by atoms with Gasteiger partial charge < -0.3 is 10.2 Å². The van der Waals surface area contributed by atoms with Crippen LogP contribution in [0.5, 0.6) is 0 Å². The predicted octanol–water partition coefficient (Wildman–Crippen LogP) is 0.959. The van der Waals surface area contributed by atoms with Gasteiger partial charge in [-0.1, -0.05) is 0 Å². The van der Waals surface area contributed by atoms with Crippen molar-refractivity contribution >= 4 is 33.4 Å². The molecule has 2 rings (SSSR count). The van der Waals surface area contributed by atoms with Crippen LogP contribution in [0.15, 0.2) is 28.0 Å². The molecular formula is C13H19N3O3S2. The molecule has 0 aliphatic carbocycles. The van der Waals surface area contributed by atoms with Crippen molar-refractivity contribution in [1.82, 2.24) is 9.62 Å². The van der Waals surface area contributed by atoms with Crippen LogP contribution < -0.4 is 10.0 Å². The first kappa shape index (κ1) is 16.3. The summed E-state index contributed by atoms with van der Waals surface area (Å²) in [5.74, 6) is -0.109. The fourth-order valence-corrected chi connectivity index (χ4v) is 3.82. The molecule has 1 aromatic carbocycles. The van der Waals surface area contributed by atoms with E-state index in [1.54, 1.807) is 12.1 Å². The van der Waals surface area contributed by atoms with E-state index in [4.69, 9.17) is 0 Å². The van der Waals surface area contributed by atoms with E-state index in [2.05, 4.69) is 10.0 Å². The quantitative estimate of drug-likeness (QED) is 0.841. The first-order valence-corrected chi connectivity index (χ1v) is 8.92. The number of anilines is 1. The Labute approximate surface area is 129 Å². The Morgan fingerprint density at radius 2 is 2.10 bits per heavy atom. The molecule has 1 aromatic rings. The number of sulfonamides is 1. The monoisotopic (exact) mass is 329 g/mol. The number of nitrogens with one attached hydrogen (secondary N) is 2. The molecule has 0 aromatic heterocycles. The summed E-state index contributed by atoms with van der Waals surface area (Å²) in [5.41, 5.74) is 0.554. The van der Waals surface area contributed by atoms with Crippen molar-refractivity contribution in [2.45, 2.75) is 22.0 Å². The van der Waals surface area contributed by atoms with Crippen LogP contribution in [0.4, 0.5) is 5.69 Å². The van der Waals surface area contributed by atoms with Crippen molar-refractivity contribution in [2.24, 2.45) is 0 Å². The fourth-order valence-electron chi connectivity index (χ4n) is 1.84. The molecule has 1 amide bonds. The van der Waals surface area contributed by atoms with Gasteiger partial charge in [-0.2, -0.15) is 0 Å². The van der Waals surface area contributed by atoms with E-state index < -0.39 is 10.0 Å². The average molecular weight is 329 g/mol. The Kier molecular flexibility index (Phi) is 4.92. The lowest BCUT2D eigenvalue weighted by Crippen LogP contribution is -2.31. The highest BCUT2D eigenvalue weighted by molar-refractivity contribution is 8.01. The molecule has 1 atom stereocenters. The smallest absolute Gasteiger partial charge is 0.240 e. The number of carbonyl (C=O) groups is 1. The number of hydrogen-bond acceptors (Lipinski definition) is 5. The van der Waals surface area contributed by atoms with E-state index >= 15 is 0 Å². The van der Waals surface area contributed by atoms with Gasteiger partial charge in [0, 0.05) is 18.0 Å².